The summed E-state index contributed by atoms with van der Waals surface area (Å²) in [7, 11) is 0. The summed E-state index contributed by atoms with van der Waals surface area (Å²) in [5.74, 6) is -0.268. The Morgan fingerprint density at radius 3 is 2.26 bits per heavy atom. The molecule has 6 heteroatoms. The zero-order valence-corrected chi connectivity index (χ0v) is 15.1. The molecule has 6 nitrogen and oxygen atoms in total. The molecule has 1 aliphatic rings. The summed E-state index contributed by atoms with van der Waals surface area (Å²) in [6, 6.07) is 17.3. The molecule has 0 aromatic heterocycles. The van der Waals surface area contributed by atoms with Gasteiger partial charge in [-0.3, -0.25) is 4.79 Å². The van der Waals surface area contributed by atoms with Gasteiger partial charge in [-0.25, -0.2) is 4.79 Å². The van der Waals surface area contributed by atoms with Crippen molar-refractivity contribution >= 4 is 23.3 Å². The third-order valence-corrected chi connectivity index (χ3v) is 4.36. The molecule has 1 fully saturated rings. The van der Waals surface area contributed by atoms with Crippen molar-refractivity contribution in [2.24, 2.45) is 0 Å². The highest BCUT2D eigenvalue weighted by Crippen LogP contribution is 2.20. The SMILES string of the molecule is O=C(COC(=O)COc1ccc(Nc2ccccc2)cc1)NC1CCCC1. The summed E-state index contributed by atoms with van der Waals surface area (Å²) in [6.45, 7) is -0.499. The predicted molar refractivity (Wildman–Crippen MR) is 103 cm³/mol. The number of benzene rings is 2. The van der Waals surface area contributed by atoms with Crippen molar-refractivity contribution in [2.45, 2.75) is 31.7 Å². The fraction of sp³-hybridized carbons (Fsp3) is 0.333. The van der Waals surface area contributed by atoms with Crippen LogP contribution in [0.15, 0.2) is 54.6 Å². The lowest BCUT2D eigenvalue weighted by molar-refractivity contribution is -0.150. The minimum Gasteiger partial charge on any atom is -0.482 e. The Balaban J connectivity index is 1.36. The van der Waals surface area contributed by atoms with Crippen molar-refractivity contribution in [1.29, 1.82) is 0 Å². The molecule has 1 amide bonds. The lowest BCUT2D eigenvalue weighted by Crippen LogP contribution is -2.36. The number of ether oxygens (including phenoxy) is 2. The highest BCUT2D eigenvalue weighted by atomic mass is 16.6. The molecule has 1 aliphatic carbocycles. The minimum absolute atomic E-state index is 0.218. The smallest absolute Gasteiger partial charge is 0.344 e. The van der Waals surface area contributed by atoms with Crippen LogP contribution in [-0.2, 0) is 14.3 Å². The molecule has 0 heterocycles. The van der Waals surface area contributed by atoms with Gasteiger partial charge in [0.25, 0.3) is 5.91 Å². The Kier molecular flexibility index (Phi) is 6.68. The standard InChI is InChI=1S/C21H24N2O4/c24-20(23-17-8-4-5-9-17)14-27-21(25)15-26-19-12-10-18(11-13-19)22-16-6-2-1-3-7-16/h1-3,6-7,10-13,17,22H,4-5,8-9,14-15H2,(H,23,24). The van der Waals surface area contributed by atoms with E-state index in [-0.39, 0.29) is 25.2 Å². The quantitative estimate of drug-likeness (QED) is 0.698. The molecule has 0 aliphatic heterocycles. The van der Waals surface area contributed by atoms with Crippen LogP contribution < -0.4 is 15.4 Å². The molecule has 2 N–H and O–H groups in total. The number of esters is 1. The van der Waals surface area contributed by atoms with Gasteiger partial charge in [-0.15, -0.1) is 0 Å². The van der Waals surface area contributed by atoms with Gasteiger partial charge in [-0.1, -0.05) is 31.0 Å². The number of hydrogen-bond donors (Lipinski definition) is 2. The first-order chi connectivity index (χ1) is 13.2. The van der Waals surface area contributed by atoms with Gasteiger partial charge in [0.05, 0.1) is 0 Å². The predicted octanol–water partition coefficient (Wildman–Crippen LogP) is 3.41. The molecule has 3 rings (SSSR count). The monoisotopic (exact) mass is 368 g/mol. The Labute approximate surface area is 158 Å². The average Bonchev–Trinajstić information content (AvgIpc) is 3.19. The van der Waals surface area contributed by atoms with Crippen LogP contribution in [0.5, 0.6) is 5.75 Å². The maximum atomic E-state index is 11.7. The molecular weight excluding hydrogens is 344 g/mol. The summed E-state index contributed by atoms with van der Waals surface area (Å²) in [5, 5.41) is 6.14. The van der Waals surface area contributed by atoms with Gasteiger partial charge in [0, 0.05) is 17.4 Å². The summed E-state index contributed by atoms with van der Waals surface area (Å²) in [5.41, 5.74) is 1.91. The third-order valence-electron chi connectivity index (χ3n) is 4.36. The van der Waals surface area contributed by atoms with E-state index in [0.717, 1.165) is 37.1 Å². The van der Waals surface area contributed by atoms with Crippen molar-refractivity contribution in [1.82, 2.24) is 5.32 Å². The largest absolute Gasteiger partial charge is 0.482 e. The fourth-order valence-corrected chi connectivity index (χ4v) is 2.99. The zero-order valence-electron chi connectivity index (χ0n) is 15.1. The third kappa shape index (κ3) is 6.33. The maximum Gasteiger partial charge on any atom is 0.344 e. The van der Waals surface area contributed by atoms with E-state index in [4.69, 9.17) is 9.47 Å². The highest BCUT2D eigenvalue weighted by molar-refractivity contribution is 5.81. The molecule has 142 valence electrons. The molecule has 0 atom stereocenters. The normalized spacial score (nSPS) is 13.8. The molecule has 0 radical (unpaired) electrons. The zero-order chi connectivity index (χ0) is 18.9. The number of rotatable bonds is 8. The van der Waals surface area contributed by atoms with Crippen molar-refractivity contribution in [2.75, 3.05) is 18.5 Å². The Morgan fingerprint density at radius 1 is 0.889 bits per heavy atom. The first-order valence-electron chi connectivity index (χ1n) is 9.19. The van der Waals surface area contributed by atoms with E-state index in [1.165, 1.54) is 0 Å². The molecule has 2 aromatic rings. The van der Waals surface area contributed by atoms with Crippen LogP contribution in [0.2, 0.25) is 0 Å². The summed E-state index contributed by atoms with van der Waals surface area (Å²) in [4.78, 5) is 23.5. The van der Waals surface area contributed by atoms with E-state index >= 15 is 0 Å². The summed E-state index contributed by atoms with van der Waals surface area (Å²) in [6.07, 6.45) is 4.27. The fourth-order valence-electron chi connectivity index (χ4n) is 2.99. The van der Waals surface area contributed by atoms with Gasteiger partial charge in [-0.05, 0) is 49.2 Å². The summed E-state index contributed by atoms with van der Waals surface area (Å²) >= 11 is 0. The summed E-state index contributed by atoms with van der Waals surface area (Å²) < 4.78 is 10.4. The van der Waals surface area contributed by atoms with E-state index in [2.05, 4.69) is 10.6 Å². The van der Waals surface area contributed by atoms with Crippen molar-refractivity contribution in [3.05, 3.63) is 54.6 Å². The van der Waals surface area contributed by atoms with E-state index in [0.29, 0.717) is 5.75 Å². The molecule has 1 saturated carbocycles. The molecule has 27 heavy (non-hydrogen) atoms. The average molecular weight is 368 g/mol. The Morgan fingerprint density at radius 2 is 1.56 bits per heavy atom. The van der Waals surface area contributed by atoms with Crippen LogP contribution in [0, 0.1) is 0 Å². The van der Waals surface area contributed by atoms with Gasteiger partial charge in [0.15, 0.2) is 13.2 Å². The second kappa shape index (κ2) is 9.62. The number of nitrogens with one attached hydrogen (secondary N) is 2. The molecule has 0 unspecified atom stereocenters. The molecule has 0 spiro atoms. The first-order valence-corrected chi connectivity index (χ1v) is 9.19. The van der Waals surface area contributed by atoms with Crippen LogP contribution in [0.25, 0.3) is 0 Å². The second-order valence-electron chi connectivity index (χ2n) is 6.51. The van der Waals surface area contributed by atoms with Crippen molar-refractivity contribution in [3.8, 4) is 5.75 Å². The lowest BCUT2D eigenvalue weighted by atomic mass is 10.2. The number of amides is 1. The van der Waals surface area contributed by atoms with Gasteiger partial charge >= 0.3 is 5.97 Å². The number of para-hydroxylation sites is 1. The van der Waals surface area contributed by atoms with Crippen molar-refractivity contribution in [3.63, 3.8) is 0 Å². The Hall–Kier alpha value is -3.02. The lowest BCUT2D eigenvalue weighted by Gasteiger charge is -2.12. The molecular formula is C21H24N2O4. The molecule has 0 bridgehead atoms. The van der Waals surface area contributed by atoms with Crippen LogP contribution in [0.1, 0.15) is 25.7 Å². The van der Waals surface area contributed by atoms with E-state index in [1.54, 1.807) is 12.1 Å². The maximum absolute atomic E-state index is 11.7. The molecule has 2 aromatic carbocycles. The topological polar surface area (TPSA) is 76.7 Å². The van der Waals surface area contributed by atoms with Crippen LogP contribution in [0.4, 0.5) is 11.4 Å². The minimum atomic E-state index is -0.567. The van der Waals surface area contributed by atoms with Gasteiger partial charge in [0.1, 0.15) is 5.75 Å². The number of hydrogen-bond acceptors (Lipinski definition) is 5. The van der Waals surface area contributed by atoms with E-state index in [9.17, 15) is 9.59 Å². The van der Waals surface area contributed by atoms with Gasteiger partial charge < -0.3 is 20.1 Å². The van der Waals surface area contributed by atoms with Crippen LogP contribution in [-0.4, -0.2) is 31.1 Å². The van der Waals surface area contributed by atoms with E-state index in [1.807, 2.05) is 42.5 Å². The molecule has 0 saturated heterocycles. The first kappa shape index (κ1) is 18.8. The highest BCUT2D eigenvalue weighted by Gasteiger charge is 2.17. The van der Waals surface area contributed by atoms with Crippen molar-refractivity contribution < 1.29 is 19.1 Å². The number of anilines is 2. The Bertz CT molecular complexity index is 741. The van der Waals surface area contributed by atoms with Crippen LogP contribution >= 0.6 is 0 Å². The number of carbonyl (C=O) groups excluding carboxylic acids is 2. The second-order valence-corrected chi connectivity index (χ2v) is 6.51. The van der Waals surface area contributed by atoms with Gasteiger partial charge in [0.2, 0.25) is 0 Å². The van der Waals surface area contributed by atoms with E-state index < -0.39 is 5.97 Å². The van der Waals surface area contributed by atoms with Crippen LogP contribution in [0.3, 0.4) is 0 Å². The van der Waals surface area contributed by atoms with Gasteiger partial charge in [-0.2, -0.15) is 0 Å². The number of carbonyl (C=O) groups is 2.